The van der Waals surface area contributed by atoms with Crippen LogP contribution < -0.4 is 5.32 Å². The van der Waals surface area contributed by atoms with Gasteiger partial charge in [-0.05, 0) is 25.1 Å². The smallest absolute Gasteiger partial charge is 0.325 e. The molecule has 1 atom stereocenters. The average molecular weight is 306 g/mol. The van der Waals surface area contributed by atoms with Gasteiger partial charge < -0.3 is 9.73 Å². The quantitative estimate of drug-likeness (QED) is 0.886. The summed E-state index contributed by atoms with van der Waals surface area (Å²) in [5.74, 6) is -2.42. The number of benzene rings is 1. The van der Waals surface area contributed by atoms with Gasteiger partial charge in [0.2, 0.25) is 0 Å². The Balaban J connectivity index is 1.91. The highest BCUT2D eigenvalue weighted by Crippen LogP contribution is 2.30. The summed E-state index contributed by atoms with van der Waals surface area (Å²) in [6, 6.07) is 6.07. The Morgan fingerprint density at radius 1 is 1.23 bits per heavy atom. The van der Waals surface area contributed by atoms with Crippen LogP contribution in [0.2, 0.25) is 0 Å². The predicted molar refractivity (Wildman–Crippen MR) is 71.5 cm³/mol. The van der Waals surface area contributed by atoms with E-state index in [1.807, 2.05) is 0 Å². The first-order valence-corrected chi connectivity index (χ1v) is 6.54. The van der Waals surface area contributed by atoms with Crippen LogP contribution in [0.4, 0.5) is 13.6 Å². The van der Waals surface area contributed by atoms with Crippen LogP contribution in [0, 0.1) is 11.6 Å². The Hall–Kier alpha value is -2.70. The van der Waals surface area contributed by atoms with Crippen LogP contribution >= 0.6 is 0 Å². The fourth-order valence-corrected chi connectivity index (χ4v) is 2.41. The lowest BCUT2D eigenvalue weighted by Gasteiger charge is -2.19. The second-order valence-corrected chi connectivity index (χ2v) is 5.14. The molecule has 5 nitrogen and oxygen atoms in total. The van der Waals surface area contributed by atoms with E-state index in [2.05, 4.69) is 5.32 Å². The second-order valence-electron chi connectivity index (χ2n) is 5.14. The van der Waals surface area contributed by atoms with Crippen molar-refractivity contribution in [3.05, 3.63) is 59.6 Å². The summed E-state index contributed by atoms with van der Waals surface area (Å²) in [5, 5.41) is 2.51. The predicted octanol–water partition coefficient (Wildman–Crippen LogP) is 2.53. The minimum atomic E-state index is -1.36. The van der Waals surface area contributed by atoms with Gasteiger partial charge in [-0.15, -0.1) is 0 Å². The first-order chi connectivity index (χ1) is 10.4. The fourth-order valence-electron chi connectivity index (χ4n) is 2.41. The van der Waals surface area contributed by atoms with Crippen molar-refractivity contribution in [2.24, 2.45) is 0 Å². The highest BCUT2D eigenvalue weighted by Gasteiger charge is 2.51. The van der Waals surface area contributed by atoms with E-state index in [0.717, 1.165) is 11.0 Å². The summed E-state index contributed by atoms with van der Waals surface area (Å²) < 4.78 is 32.1. The van der Waals surface area contributed by atoms with E-state index < -0.39 is 29.1 Å². The van der Waals surface area contributed by atoms with Crippen LogP contribution in [0.5, 0.6) is 0 Å². The summed E-state index contributed by atoms with van der Waals surface area (Å²) in [4.78, 5) is 25.4. The molecule has 0 aliphatic carbocycles. The van der Waals surface area contributed by atoms with Crippen molar-refractivity contribution < 1.29 is 22.8 Å². The topological polar surface area (TPSA) is 62.6 Å². The molecule has 1 saturated heterocycles. The lowest BCUT2D eigenvalue weighted by Crippen LogP contribution is -2.40. The van der Waals surface area contributed by atoms with Gasteiger partial charge in [-0.25, -0.2) is 13.6 Å². The molecule has 1 aromatic heterocycles. The molecule has 114 valence electrons. The standard InChI is InChI=1S/C15H12F2N2O3/c1-15(11-6-3-7-22-11)13(20)19(14(21)18-15)8-9-4-2-5-10(16)12(9)17/h2-7H,8H2,1H3,(H,18,21)/t15-/m0/s1. The van der Waals surface area contributed by atoms with Crippen molar-refractivity contribution in [2.45, 2.75) is 19.0 Å². The van der Waals surface area contributed by atoms with Crippen molar-refractivity contribution >= 4 is 11.9 Å². The zero-order valence-corrected chi connectivity index (χ0v) is 11.6. The number of amides is 3. The van der Waals surface area contributed by atoms with E-state index in [0.29, 0.717) is 0 Å². The molecule has 22 heavy (non-hydrogen) atoms. The molecule has 1 aromatic carbocycles. The maximum absolute atomic E-state index is 13.7. The van der Waals surface area contributed by atoms with Crippen LogP contribution in [-0.2, 0) is 16.9 Å². The van der Waals surface area contributed by atoms with Crippen LogP contribution in [0.15, 0.2) is 41.0 Å². The molecule has 0 radical (unpaired) electrons. The molecule has 1 N–H and O–H groups in total. The Kier molecular flexibility index (Phi) is 3.20. The van der Waals surface area contributed by atoms with E-state index in [-0.39, 0.29) is 17.9 Å². The fraction of sp³-hybridized carbons (Fsp3) is 0.200. The molecule has 3 rings (SSSR count). The van der Waals surface area contributed by atoms with Gasteiger partial charge >= 0.3 is 6.03 Å². The maximum atomic E-state index is 13.7. The van der Waals surface area contributed by atoms with Crippen LogP contribution in [0.1, 0.15) is 18.2 Å². The Bertz CT molecular complexity index is 745. The third-order valence-electron chi connectivity index (χ3n) is 3.65. The summed E-state index contributed by atoms with van der Waals surface area (Å²) in [6.45, 7) is 1.14. The normalized spacial score (nSPS) is 21.3. The Labute approximate surface area is 124 Å². The minimum absolute atomic E-state index is 0.0767. The molecule has 1 aliphatic rings. The number of furan rings is 1. The zero-order valence-electron chi connectivity index (χ0n) is 11.6. The molecule has 0 unspecified atom stereocenters. The molecular weight excluding hydrogens is 294 g/mol. The number of urea groups is 1. The lowest BCUT2D eigenvalue weighted by atomic mass is 9.99. The molecule has 3 amide bonds. The van der Waals surface area contributed by atoms with E-state index in [1.165, 1.54) is 25.3 Å². The summed E-state index contributed by atoms with van der Waals surface area (Å²) in [5.41, 5.74) is -1.43. The number of halogens is 2. The number of rotatable bonds is 3. The third-order valence-corrected chi connectivity index (χ3v) is 3.65. The summed E-state index contributed by atoms with van der Waals surface area (Å²) >= 11 is 0. The van der Waals surface area contributed by atoms with Crippen molar-refractivity contribution in [1.29, 1.82) is 0 Å². The molecular formula is C15H12F2N2O3. The van der Waals surface area contributed by atoms with Crippen molar-refractivity contribution in [1.82, 2.24) is 10.2 Å². The van der Waals surface area contributed by atoms with Gasteiger partial charge in [0.15, 0.2) is 17.2 Å². The lowest BCUT2D eigenvalue weighted by molar-refractivity contribution is -0.132. The number of imide groups is 1. The Morgan fingerprint density at radius 2 is 2.00 bits per heavy atom. The van der Waals surface area contributed by atoms with Gasteiger partial charge in [-0.3, -0.25) is 9.69 Å². The van der Waals surface area contributed by atoms with E-state index in [4.69, 9.17) is 4.42 Å². The number of carbonyl (C=O) groups excluding carboxylic acids is 2. The average Bonchev–Trinajstić information content (AvgIpc) is 3.08. The molecule has 1 aliphatic heterocycles. The number of nitrogens with zero attached hydrogens (tertiary/aromatic N) is 1. The molecule has 1 fully saturated rings. The highest BCUT2D eigenvalue weighted by atomic mass is 19.2. The molecule has 2 heterocycles. The zero-order chi connectivity index (χ0) is 15.9. The largest absolute Gasteiger partial charge is 0.466 e. The molecule has 2 aromatic rings. The minimum Gasteiger partial charge on any atom is -0.466 e. The SMILES string of the molecule is C[C@@]1(c2ccco2)NC(=O)N(Cc2cccc(F)c2F)C1=O. The van der Waals surface area contributed by atoms with Gasteiger partial charge in [0.05, 0.1) is 12.8 Å². The second kappa shape index (κ2) is 4.94. The number of nitrogens with one attached hydrogen (secondary N) is 1. The maximum Gasteiger partial charge on any atom is 0.325 e. The molecule has 0 saturated carbocycles. The first kappa shape index (κ1) is 14.2. The van der Waals surface area contributed by atoms with E-state index in [9.17, 15) is 18.4 Å². The van der Waals surface area contributed by atoms with Crippen molar-refractivity contribution in [3.63, 3.8) is 0 Å². The van der Waals surface area contributed by atoms with Crippen LogP contribution in [0.25, 0.3) is 0 Å². The van der Waals surface area contributed by atoms with Gasteiger partial charge in [-0.2, -0.15) is 0 Å². The van der Waals surface area contributed by atoms with Gasteiger partial charge in [0.25, 0.3) is 5.91 Å². The van der Waals surface area contributed by atoms with Crippen molar-refractivity contribution in [2.75, 3.05) is 0 Å². The number of hydrogen-bond acceptors (Lipinski definition) is 3. The summed E-state index contributed by atoms with van der Waals surface area (Å²) in [6.07, 6.45) is 1.38. The molecule has 0 spiro atoms. The highest BCUT2D eigenvalue weighted by molar-refractivity contribution is 6.06. The van der Waals surface area contributed by atoms with Gasteiger partial charge in [0, 0.05) is 5.56 Å². The van der Waals surface area contributed by atoms with Gasteiger partial charge in [-0.1, -0.05) is 12.1 Å². The molecule has 0 bridgehead atoms. The van der Waals surface area contributed by atoms with Gasteiger partial charge in [0.1, 0.15) is 5.76 Å². The summed E-state index contributed by atoms with van der Waals surface area (Å²) in [7, 11) is 0. The number of carbonyl (C=O) groups is 2. The number of hydrogen-bond donors (Lipinski definition) is 1. The van der Waals surface area contributed by atoms with E-state index >= 15 is 0 Å². The van der Waals surface area contributed by atoms with E-state index in [1.54, 1.807) is 12.1 Å². The van der Waals surface area contributed by atoms with Crippen molar-refractivity contribution in [3.8, 4) is 0 Å². The molecule has 7 heteroatoms. The monoisotopic (exact) mass is 306 g/mol. The van der Waals surface area contributed by atoms with Crippen LogP contribution in [-0.4, -0.2) is 16.8 Å². The third kappa shape index (κ3) is 2.05. The van der Waals surface area contributed by atoms with Crippen LogP contribution in [0.3, 0.4) is 0 Å². The first-order valence-electron chi connectivity index (χ1n) is 6.54. The Morgan fingerprint density at radius 3 is 2.68 bits per heavy atom.